The van der Waals surface area contributed by atoms with Crippen LogP contribution in [0.5, 0.6) is 11.5 Å². The van der Waals surface area contributed by atoms with Crippen LogP contribution in [0.4, 0.5) is 0 Å². The Labute approximate surface area is 208 Å². The predicted octanol–water partition coefficient (Wildman–Crippen LogP) is 4.16. The molecule has 1 N–H and O–H groups in total. The second kappa shape index (κ2) is 11.0. The van der Waals surface area contributed by atoms with Gasteiger partial charge in [0.25, 0.3) is 5.91 Å². The number of carbonyl (C=O) groups is 1. The highest BCUT2D eigenvalue weighted by atomic mass is 32.2. The average Bonchev–Trinajstić information content (AvgIpc) is 3.65. The Morgan fingerprint density at radius 3 is 2.17 bits per heavy atom. The monoisotopic (exact) mass is 500 g/mol. The lowest BCUT2D eigenvalue weighted by atomic mass is 10.0. The van der Waals surface area contributed by atoms with Gasteiger partial charge < -0.3 is 14.8 Å². The first-order chi connectivity index (χ1) is 16.8. The van der Waals surface area contributed by atoms with Gasteiger partial charge in [-0.15, -0.1) is 0 Å². The van der Waals surface area contributed by atoms with E-state index in [4.69, 9.17) is 9.47 Å². The molecule has 35 heavy (non-hydrogen) atoms. The summed E-state index contributed by atoms with van der Waals surface area (Å²) >= 11 is 0. The van der Waals surface area contributed by atoms with E-state index in [1.165, 1.54) is 36.1 Å². The highest BCUT2D eigenvalue weighted by Crippen LogP contribution is 2.49. The van der Waals surface area contributed by atoms with Crippen LogP contribution in [-0.2, 0) is 16.4 Å². The van der Waals surface area contributed by atoms with Crippen LogP contribution in [0.25, 0.3) is 0 Å². The first kappa shape index (κ1) is 25.5. The molecule has 0 aromatic heterocycles. The van der Waals surface area contributed by atoms with Crippen LogP contribution in [0, 0.1) is 0 Å². The molecule has 1 saturated carbocycles. The van der Waals surface area contributed by atoms with E-state index in [1.807, 2.05) is 13.8 Å². The topological polar surface area (TPSA) is 84.9 Å². The van der Waals surface area contributed by atoms with Gasteiger partial charge in [0.05, 0.1) is 18.1 Å². The number of carbonyl (C=O) groups excluding carboxylic acids is 1. The fraction of sp³-hybridized carbons (Fsp3) is 0.519. The van der Waals surface area contributed by atoms with Gasteiger partial charge in [0.2, 0.25) is 0 Å². The Morgan fingerprint density at radius 1 is 1.00 bits per heavy atom. The summed E-state index contributed by atoms with van der Waals surface area (Å²) in [6.45, 7) is 7.84. The lowest BCUT2D eigenvalue weighted by Gasteiger charge is -2.32. The number of piperidine rings is 1. The number of likely N-dealkylation sites (tertiary alicyclic amines) is 1. The van der Waals surface area contributed by atoms with Crippen molar-refractivity contribution < 1.29 is 22.7 Å². The number of nitrogens with zero attached hydrogens (tertiary/aromatic N) is 1. The highest BCUT2D eigenvalue weighted by Gasteiger charge is 2.31. The summed E-state index contributed by atoms with van der Waals surface area (Å²) in [7, 11) is -3.35. The van der Waals surface area contributed by atoms with Crippen LogP contribution in [-0.4, -0.2) is 57.8 Å². The van der Waals surface area contributed by atoms with E-state index in [0.717, 1.165) is 50.2 Å². The third-order valence-corrected chi connectivity index (χ3v) is 7.71. The minimum atomic E-state index is -3.35. The molecule has 0 spiro atoms. The summed E-state index contributed by atoms with van der Waals surface area (Å²) < 4.78 is 35.6. The lowest BCUT2D eigenvalue weighted by Crippen LogP contribution is -2.44. The van der Waals surface area contributed by atoms with Crippen molar-refractivity contribution in [2.75, 3.05) is 32.6 Å². The van der Waals surface area contributed by atoms with E-state index < -0.39 is 9.84 Å². The van der Waals surface area contributed by atoms with Gasteiger partial charge in [-0.05, 0) is 81.3 Å². The molecule has 0 bridgehead atoms. The number of rotatable bonds is 10. The predicted molar refractivity (Wildman–Crippen MR) is 136 cm³/mol. The number of ether oxygens (including phenoxy) is 2. The molecule has 0 atom stereocenters. The molecular weight excluding hydrogens is 464 g/mol. The third-order valence-electron chi connectivity index (χ3n) is 6.60. The van der Waals surface area contributed by atoms with Crippen LogP contribution in [0.1, 0.15) is 66.9 Å². The molecule has 1 saturated heterocycles. The fourth-order valence-electron chi connectivity index (χ4n) is 4.70. The zero-order chi connectivity index (χ0) is 25.0. The number of hydrogen-bond acceptors (Lipinski definition) is 6. The normalized spacial score (nSPS) is 17.2. The summed E-state index contributed by atoms with van der Waals surface area (Å²) in [5, 5.41) is 3.08. The molecule has 0 unspecified atom stereocenters. The lowest BCUT2D eigenvalue weighted by molar-refractivity contribution is 0.0908. The molecule has 0 radical (unpaired) electrons. The quantitative estimate of drug-likeness (QED) is 0.527. The number of nitrogens with one attached hydrogen (secondary N) is 1. The van der Waals surface area contributed by atoms with Crippen molar-refractivity contribution in [1.82, 2.24) is 10.2 Å². The Hall–Kier alpha value is -2.58. The smallest absolute Gasteiger partial charge is 0.251 e. The molecule has 2 fully saturated rings. The molecule has 1 aliphatic carbocycles. The van der Waals surface area contributed by atoms with Gasteiger partial charge in [0.1, 0.15) is 11.5 Å². The van der Waals surface area contributed by atoms with Crippen molar-refractivity contribution in [3.05, 3.63) is 53.1 Å². The zero-order valence-electron chi connectivity index (χ0n) is 20.9. The molecule has 1 amide bonds. The SMILES string of the molecule is CCOc1cc(CN2CCC(NC(=O)c3cccc(S(C)(=O)=O)c3)CC2)cc(OCC)c1C1CC1. The number of benzene rings is 2. The van der Waals surface area contributed by atoms with Crippen molar-refractivity contribution in [1.29, 1.82) is 0 Å². The first-order valence-electron chi connectivity index (χ1n) is 12.5. The van der Waals surface area contributed by atoms with Gasteiger partial charge in [-0.3, -0.25) is 9.69 Å². The molecule has 8 heteroatoms. The van der Waals surface area contributed by atoms with Crippen molar-refractivity contribution >= 4 is 15.7 Å². The Morgan fingerprint density at radius 2 is 1.63 bits per heavy atom. The van der Waals surface area contributed by atoms with E-state index in [0.29, 0.717) is 24.7 Å². The molecule has 1 aliphatic heterocycles. The van der Waals surface area contributed by atoms with Crippen molar-refractivity contribution in [3.8, 4) is 11.5 Å². The van der Waals surface area contributed by atoms with Gasteiger partial charge in [0.15, 0.2) is 9.84 Å². The summed E-state index contributed by atoms with van der Waals surface area (Å²) in [6.07, 6.45) is 5.21. The van der Waals surface area contributed by atoms with Gasteiger partial charge in [-0.1, -0.05) is 6.07 Å². The maximum atomic E-state index is 12.7. The van der Waals surface area contributed by atoms with Crippen LogP contribution in [0.2, 0.25) is 0 Å². The van der Waals surface area contributed by atoms with Gasteiger partial charge >= 0.3 is 0 Å². The summed E-state index contributed by atoms with van der Waals surface area (Å²) in [4.78, 5) is 15.3. The Bertz CT molecular complexity index is 1120. The minimum absolute atomic E-state index is 0.0656. The van der Waals surface area contributed by atoms with Crippen molar-refractivity contribution in [3.63, 3.8) is 0 Å². The fourth-order valence-corrected chi connectivity index (χ4v) is 5.37. The molecular formula is C27H36N2O5S. The number of amides is 1. The van der Waals surface area contributed by atoms with Crippen LogP contribution < -0.4 is 14.8 Å². The van der Waals surface area contributed by atoms with Crippen LogP contribution >= 0.6 is 0 Å². The number of hydrogen-bond donors (Lipinski definition) is 1. The molecule has 7 nitrogen and oxygen atoms in total. The standard InChI is InChI=1S/C27H36N2O5S/c1-4-33-24-15-19(16-25(34-5-2)26(24)20-9-10-20)18-29-13-11-22(12-14-29)28-27(30)21-7-6-8-23(17-21)35(3,31)32/h6-8,15-17,20,22H,4-5,9-14,18H2,1-3H3,(H,28,30). The van der Waals surface area contributed by atoms with Crippen LogP contribution in [0.3, 0.4) is 0 Å². The van der Waals surface area contributed by atoms with Gasteiger partial charge in [-0.25, -0.2) is 8.42 Å². The molecule has 4 rings (SSSR count). The molecule has 2 aromatic rings. The third kappa shape index (κ3) is 6.55. The van der Waals surface area contributed by atoms with E-state index in [1.54, 1.807) is 12.1 Å². The highest BCUT2D eigenvalue weighted by molar-refractivity contribution is 7.90. The second-order valence-corrected chi connectivity index (χ2v) is 11.5. The summed E-state index contributed by atoms with van der Waals surface area (Å²) in [5.41, 5.74) is 2.78. The molecule has 2 aliphatic rings. The van der Waals surface area contributed by atoms with E-state index in [-0.39, 0.29) is 16.8 Å². The maximum Gasteiger partial charge on any atom is 0.251 e. The Kier molecular flexibility index (Phi) is 8.02. The summed E-state index contributed by atoms with van der Waals surface area (Å²) in [6, 6.07) is 10.6. The molecule has 2 aromatic carbocycles. The minimum Gasteiger partial charge on any atom is -0.493 e. The van der Waals surface area contributed by atoms with Crippen LogP contribution in [0.15, 0.2) is 41.3 Å². The average molecular weight is 501 g/mol. The second-order valence-electron chi connectivity index (χ2n) is 9.47. The molecule has 190 valence electrons. The Balaban J connectivity index is 1.37. The van der Waals surface area contributed by atoms with E-state index in [9.17, 15) is 13.2 Å². The van der Waals surface area contributed by atoms with E-state index in [2.05, 4.69) is 22.3 Å². The van der Waals surface area contributed by atoms with Gasteiger partial charge in [-0.2, -0.15) is 0 Å². The van der Waals surface area contributed by atoms with Gasteiger partial charge in [0, 0.05) is 43.1 Å². The first-order valence-corrected chi connectivity index (χ1v) is 14.4. The summed E-state index contributed by atoms with van der Waals surface area (Å²) in [5.74, 6) is 2.22. The maximum absolute atomic E-state index is 12.7. The largest absolute Gasteiger partial charge is 0.493 e. The zero-order valence-corrected chi connectivity index (χ0v) is 21.7. The number of sulfone groups is 1. The van der Waals surface area contributed by atoms with Crippen molar-refractivity contribution in [2.45, 2.75) is 62.9 Å². The van der Waals surface area contributed by atoms with Crippen molar-refractivity contribution in [2.24, 2.45) is 0 Å². The van der Waals surface area contributed by atoms with E-state index >= 15 is 0 Å². The molecule has 1 heterocycles.